The van der Waals surface area contributed by atoms with Crippen LogP contribution < -0.4 is 5.73 Å². The van der Waals surface area contributed by atoms with Crippen LogP contribution in [0.5, 0.6) is 0 Å². The van der Waals surface area contributed by atoms with Gasteiger partial charge in [-0.3, -0.25) is 4.79 Å². The summed E-state index contributed by atoms with van der Waals surface area (Å²) in [4.78, 5) is 14.6. The Morgan fingerprint density at radius 3 is 2.68 bits per heavy atom. The lowest BCUT2D eigenvalue weighted by Crippen LogP contribution is -2.29. The van der Waals surface area contributed by atoms with Gasteiger partial charge in [-0.25, -0.2) is 0 Å². The predicted octanol–water partition coefficient (Wildman–Crippen LogP) is 3.82. The standard InChI is InChI=1S/C14H15ClN2OS/c1-9(10-4-3-5-11(16)8-10)17(2)14(18)12-6-7-13(15)19-12/h3-9H,16H2,1-2H3. The number of nitrogen functional groups attached to an aromatic ring is 1. The highest BCUT2D eigenvalue weighted by atomic mass is 35.5. The van der Waals surface area contributed by atoms with Gasteiger partial charge >= 0.3 is 0 Å². The maximum Gasteiger partial charge on any atom is 0.264 e. The highest BCUT2D eigenvalue weighted by Crippen LogP contribution is 2.26. The molecule has 2 N–H and O–H groups in total. The molecule has 0 aliphatic carbocycles. The normalized spacial score (nSPS) is 12.2. The molecule has 0 spiro atoms. The van der Waals surface area contributed by atoms with Gasteiger partial charge in [-0.05, 0) is 36.8 Å². The SMILES string of the molecule is CC(c1cccc(N)c1)N(C)C(=O)c1ccc(Cl)s1. The molecule has 2 rings (SSSR count). The zero-order valence-electron chi connectivity index (χ0n) is 10.8. The largest absolute Gasteiger partial charge is 0.399 e. The second kappa shape index (κ2) is 5.63. The van der Waals surface area contributed by atoms with E-state index >= 15 is 0 Å². The fraction of sp³-hybridized carbons (Fsp3) is 0.214. The van der Waals surface area contributed by atoms with Crippen molar-refractivity contribution in [3.8, 4) is 0 Å². The lowest BCUT2D eigenvalue weighted by molar-refractivity contribution is 0.0747. The number of nitrogens with two attached hydrogens (primary N) is 1. The maximum absolute atomic E-state index is 12.3. The van der Waals surface area contributed by atoms with Crippen molar-refractivity contribution in [3.63, 3.8) is 0 Å². The molecule has 0 aliphatic heterocycles. The summed E-state index contributed by atoms with van der Waals surface area (Å²) in [5, 5.41) is 0. The van der Waals surface area contributed by atoms with Crippen LogP contribution in [0.4, 0.5) is 5.69 Å². The van der Waals surface area contributed by atoms with E-state index < -0.39 is 0 Å². The van der Waals surface area contributed by atoms with Crippen molar-refractivity contribution < 1.29 is 4.79 Å². The molecule has 1 aromatic heterocycles. The van der Waals surface area contributed by atoms with Crippen LogP contribution in [0, 0.1) is 0 Å². The van der Waals surface area contributed by atoms with Gasteiger partial charge in [0.1, 0.15) is 0 Å². The Morgan fingerprint density at radius 1 is 1.37 bits per heavy atom. The van der Waals surface area contributed by atoms with E-state index in [1.165, 1.54) is 11.3 Å². The van der Waals surface area contributed by atoms with Gasteiger partial charge in [0.2, 0.25) is 0 Å². The van der Waals surface area contributed by atoms with E-state index in [0.29, 0.717) is 14.9 Å². The van der Waals surface area contributed by atoms with Gasteiger partial charge < -0.3 is 10.6 Å². The number of carbonyl (C=O) groups is 1. The maximum atomic E-state index is 12.3. The monoisotopic (exact) mass is 294 g/mol. The third-order valence-corrected chi connectivity index (χ3v) is 4.30. The predicted molar refractivity (Wildman–Crippen MR) is 80.7 cm³/mol. The average Bonchev–Trinajstić information content (AvgIpc) is 2.83. The first kappa shape index (κ1) is 13.9. The molecule has 2 aromatic rings. The number of hydrogen-bond acceptors (Lipinski definition) is 3. The van der Waals surface area contributed by atoms with Gasteiger partial charge in [-0.2, -0.15) is 0 Å². The van der Waals surface area contributed by atoms with E-state index in [-0.39, 0.29) is 11.9 Å². The summed E-state index contributed by atoms with van der Waals surface area (Å²) in [6.07, 6.45) is 0. The molecule has 19 heavy (non-hydrogen) atoms. The van der Waals surface area contributed by atoms with Crippen molar-refractivity contribution >= 4 is 34.5 Å². The highest BCUT2D eigenvalue weighted by Gasteiger charge is 2.20. The summed E-state index contributed by atoms with van der Waals surface area (Å²) in [6.45, 7) is 1.97. The van der Waals surface area contributed by atoms with E-state index in [0.717, 1.165) is 5.56 Å². The number of rotatable bonds is 3. The highest BCUT2D eigenvalue weighted by molar-refractivity contribution is 7.17. The second-order valence-corrected chi connectivity index (χ2v) is 6.08. The topological polar surface area (TPSA) is 46.3 Å². The van der Waals surface area contributed by atoms with Crippen LogP contribution in [0.2, 0.25) is 4.34 Å². The quantitative estimate of drug-likeness (QED) is 0.875. The Morgan fingerprint density at radius 2 is 2.11 bits per heavy atom. The lowest BCUT2D eigenvalue weighted by Gasteiger charge is -2.25. The first-order valence-electron chi connectivity index (χ1n) is 5.87. The Balaban J connectivity index is 2.19. The van der Waals surface area contributed by atoms with E-state index in [2.05, 4.69) is 0 Å². The van der Waals surface area contributed by atoms with Crippen LogP contribution in [0.15, 0.2) is 36.4 Å². The molecule has 1 unspecified atom stereocenters. The van der Waals surface area contributed by atoms with Crippen molar-refractivity contribution in [2.45, 2.75) is 13.0 Å². The van der Waals surface area contributed by atoms with Crippen molar-refractivity contribution in [3.05, 3.63) is 51.2 Å². The Labute approximate surface area is 121 Å². The fourth-order valence-electron chi connectivity index (χ4n) is 1.82. The van der Waals surface area contributed by atoms with E-state index in [9.17, 15) is 4.79 Å². The molecule has 0 saturated carbocycles. The zero-order chi connectivity index (χ0) is 14.0. The Hall–Kier alpha value is -1.52. The summed E-state index contributed by atoms with van der Waals surface area (Å²) < 4.78 is 0.619. The Bertz CT molecular complexity index is 597. The molecule has 0 aliphatic rings. The lowest BCUT2D eigenvalue weighted by atomic mass is 10.1. The minimum absolute atomic E-state index is 0.0353. The summed E-state index contributed by atoms with van der Waals surface area (Å²) in [5.41, 5.74) is 7.48. The minimum Gasteiger partial charge on any atom is -0.399 e. The number of anilines is 1. The smallest absolute Gasteiger partial charge is 0.264 e. The molecular formula is C14H15ClN2OS. The molecule has 0 fully saturated rings. The molecule has 3 nitrogen and oxygen atoms in total. The van der Waals surface area contributed by atoms with Gasteiger partial charge in [0.15, 0.2) is 0 Å². The van der Waals surface area contributed by atoms with Crippen LogP contribution in [-0.2, 0) is 0 Å². The molecular weight excluding hydrogens is 280 g/mol. The van der Waals surface area contributed by atoms with Gasteiger partial charge in [-0.15, -0.1) is 11.3 Å². The van der Waals surface area contributed by atoms with E-state index in [1.807, 2.05) is 31.2 Å². The molecule has 5 heteroatoms. The van der Waals surface area contributed by atoms with Crippen molar-refractivity contribution in [1.82, 2.24) is 4.90 Å². The molecule has 100 valence electrons. The second-order valence-electron chi connectivity index (χ2n) is 4.37. The third kappa shape index (κ3) is 3.08. The first-order chi connectivity index (χ1) is 8.99. The molecule has 1 heterocycles. The van der Waals surface area contributed by atoms with Gasteiger partial charge in [-0.1, -0.05) is 23.7 Å². The van der Waals surface area contributed by atoms with Gasteiger partial charge in [0.25, 0.3) is 5.91 Å². The number of thiophene rings is 1. The van der Waals surface area contributed by atoms with Crippen LogP contribution in [0.3, 0.4) is 0 Å². The van der Waals surface area contributed by atoms with Crippen LogP contribution >= 0.6 is 22.9 Å². The molecule has 1 atom stereocenters. The molecule has 1 aromatic carbocycles. The molecule has 0 saturated heterocycles. The fourth-order valence-corrected chi connectivity index (χ4v) is 2.85. The van der Waals surface area contributed by atoms with Crippen molar-refractivity contribution in [2.24, 2.45) is 0 Å². The average molecular weight is 295 g/mol. The number of benzene rings is 1. The van der Waals surface area contributed by atoms with Gasteiger partial charge in [0, 0.05) is 12.7 Å². The first-order valence-corrected chi connectivity index (χ1v) is 7.06. The summed E-state index contributed by atoms with van der Waals surface area (Å²) in [6, 6.07) is 11.0. The number of halogens is 1. The molecule has 0 radical (unpaired) electrons. The van der Waals surface area contributed by atoms with Crippen molar-refractivity contribution in [1.29, 1.82) is 0 Å². The Kier molecular flexibility index (Phi) is 4.12. The number of nitrogens with zero attached hydrogens (tertiary/aromatic N) is 1. The molecule has 0 bridgehead atoms. The molecule has 1 amide bonds. The van der Waals surface area contributed by atoms with E-state index in [1.54, 1.807) is 24.1 Å². The number of hydrogen-bond donors (Lipinski definition) is 1. The summed E-state index contributed by atoms with van der Waals surface area (Å²) in [7, 11) is 1.78. The third-order valence-electron chi connectivity index (χ3n) is 3.08. The van der Waals surface area contributed by atoms with E-state index in [4.69, 9.17) is 17.3 Å². The van der Waals surface area contributed by atoms with Gasteiger partial charge in [0.05, 0.1) is 15.3 Å². The zero-order valence-corrected chi connectivity index (χ0v) is 12.3. The minimum atomic E-state index is -0.0446. The van der Waals surface area contributed by atoms with Crippen molar-refractivity contribution in [2.75, 3.05) is 12.8 Å². The van der Waals surface area contributed by atoms with Crippen LogP contribution in [0.25, 0.3) is 0 Å². The summed E-state index contributed by atoms with van der Waals surface area (Å²) in [5.74, 6) is -0.0353. The number of amides is 1. The number of carbonyl (C=O) groups excluding carboxylic acids is 1. The van der Waals surface area contributed by atoms with Crippen LogP contribution in [-0.4, -0.2) is 17.9 Å². The van der Waals surface area contributed by atoms with Crippen LogP contribution in [0.1, 0.15) is 28.2 Å². The summed E-state index contributed by atoms with van der Waals surface area (Å²) >= 11 is 7.15.